The Labute approximate surface area is 113 Å². The fourth-order valence-corrected chi connectivity index (χ4v) is 2.27. The van der Waals surface area contributed by atoms with Crippen LogP contribution in [-0.2, 0) is 16.0 Å². The van der Waals surface area contributed by atoms with E-state index < -0.39 is 0 Å². The third-order valence-electron chi connectivity index (χ3n) is 3.36. The summed E-state index contributed by atoms with van der Waals surface area (Å²) in [7, 11) is 0. The molecule has 1 heterocycles. The topological polar surface area (TPSA) is 58.6 Å². The van der Waals surface area contributed by atoms with Gasteiger partial charge in [-0.05, 0) is 43.4 Å². The summed E-state index contributed by atoms with van der Waals surface area (Å²) in [4.78, 5) is 11.8. The number of aliphatic hydroxyl groups excluding tert-OH is 1. The number of rotatable bonds is 6. The molecule has 0 bridgehead atoms. The van der Waals surface area contributed by atoms with Crippen LogP contribution in [0.5, 0.6) is 0 Å². The molecule has 1 fully saturated rings. The Balaban J connectivity index is 1.74. The summed E-state index contributed by atoms with van der Waals surface area (Å²) >= 11 is 0. The zero-order valence-corrected chi connectivity index (χ0v) is 11.1. The van der Waals surface area contributed by atoms with E-state index in [2.05, 4.69) is 5.32 Å². The maximum atomic E-state index is 11.8. The molecule has 4 nitrogen and oxygen atoms in total. The third-order valence-corrected chi connectivity index (χ3v) is 3.36. The van der Waals surface area contributed by atoms with E-state index in [4.69, 9.17) is 9.84 Å². The van der Waals surface area contributed by atoms with Gasteiger partial charge in [-0.2, -0.15) is 0 Å². The van der Waals surface area contributed by atoms with Gasteiger partial charge in [0.2, 0.25) is 5.91 Å². The molecule has 1 amide bonds. The van der Waals surface area contributed by atoms with Crippen LogP contribution >= 0.6 is 0 Å². The van der Waals surface area contributed by atoms with Crippen LogP contribution in [0.2, 0.25) is 0 Å². The number of benzene rings is 1. The number of ether oxygens (including phenoxy) is 1. The highest BCUT2D eigenvalue weighted by Crippen LogP contribution is 2.17. The van der Waals surface area contributed by atoms with E-state index in [9.17, 15) is 4.79 Å². The lowest BCUT2D eigenvalue weighted by Crippen LogP contribution is -2.15. The van der Waals surface area contributed by atoms with Crippen LogP contribution in [0.3, 0.4) is 0 Å². The van der Waals surface area contributed by atoms with Crippen LogP contribution in [0, 0.1) is 0 Å². The summed E-state index contributed by atoms with van der Waals surface area (Å²) in [5.74, 6) is 0.0328. The molecule has 2 N–H and O–H groups in total. The summed E-state index contributed by atoms with van der Waals surface area (Å²) in [6.07, 6.45) is 4.39. The van der Waals surface area contributed by atoms with Crippen molar-refractivity contribution in [1.29, 1.82) is 0 Å². The predicted octanol–water partition coefficient (Wildman–Crippen LogP) is 2.12. The zero-order valence-electron chi connectivity index (χ0n) is 11.1. The second-order valence-corrected chi connectivity index (χ2v) is 4.89. The molecule has 4 heteroatoms. The summed E-state index contributed by atoms with van der Waals surface area (Å²) in [6.45, 7) is 0.978. The normalized spacial score (nSPS) is 18.5. The first-order valence-electron chi connectivity index (χ1n) is 6.89. The predicted molar refractivity (Wildman–Crippen MR) is 74.1 cm³/mol. The van der Waals surface area contributed by atoms with E-state index in [0.29, 0.717) is 12.8 Å². The lowest BCUT2D eigenvalue weighted by Gasteiger charge is -2.09. The fourth-order valence-electron chi connectivity index (χ4n) is 2.27. The maximum absolute atomic E-state index is 11.8. The molecule has 0 saturated carbocycles. The molecule has 2 rings (SSSR count). The molecule has 0 spiro atoms. The van der Waals surface area contributed by atoms with Crippen molar-refractivity contribution in [3.63, 3.8) is 0 Å². The van der Waals surface area contributed by atoms with E-state index in [-0.39, 0.29) is 18.6 Å². The van der Waals surface area contributed by atoms with Gasteiger partial charge in [-0.15, -0.1) is 0 Å². The highest BCUT2D eigenvalue weighted by Gasteiger charge is 2.16. The summed E-state index contributed by atoms with van der Waals surface area (Å²) in [6, 6.07) is 7.59. The van der Waals surface area contributed by atoms with E-state index in [1.165, 1.54) is 0 Å². The number of amides is 1. The molecular weight excluding hydrogens is 242 g/mol. The molecule has 1 aliphatic heterocycles. The smallest absolute Gasteiger partial charge is 0.224 e. The first-order valence-corrected chi connectivity index (χ1v) is 6.89. The zero-order chi connectivity index (χ0) is 13.5. The maximum Gasteiger partial charge on any atom is 0.224 e. The number of aliphatic hydroxyl groups is 1. The Bertz CT molecular complexity index is 396. The van der Waals surface area contributed by atoms with Gasteiger partial charge in [0.1, 0.15) is 0 Å². The van der Waals surface area contributed by atoms with Gasteiger partial charge in [-0.3, -0.25) is 4.79 Å². The number of hydrogen-bond donors (Lipinski definition) is 2. The van der Waals surface area contributed by atoms with Crippen LogP contribution in [0.4, 0.5) is 5.69 Å². The Kier molecular flexibility index (Phi) is 5.36. The molecule has 1 aliphatic rings. The van der Waals surface area contributed by atoms with Crippen molar-refractivity contribution in [1.82, 2.24) is 0 Å². The van der Waals surface area contributed by atoms with E-state index in [0.717, 1.165) is 37.1 Å². The second-order valence-electron chi connectivity index (χ2n) is 4.89. The summed E-state index contributed by atoms with van der Waals surface area (Å²) < 4.78 is 5.49. The van der Waals surface area contributed by atoms with Crippen LogP contribution in [0.25, 0.3) is 0 Å². The highest BCUT2D eigenvalue weighted by atomic mass is 16.5. The van der Waals surface area contributed by atoms with Gasteiger partial charge in [0.15, 0.2) is 0 Å². The number of hydrogen-bond acceptors (Lipinski definition) is 3. The SMILES string of the molecule is O=C(CCC1CCCO1)Nc1ccc(CCO)cc1. The molecule has 0 aliphatic carbocycles. The fraction of sp³-hybridized carbons (Fsp3) is 0.533. The number of carbonyl (C=O) groups is 1. The Hall–Kier alpha value is -1.39. The largest absolute Gasteiger partial charge is 0.396 e. The average molecular weight is 263 g/mol. The molecule has 1 saturated heterocycles. The summed E-state index contributed by atoms with van der Waals surface area (Å²) in [5, 5.41) is 11.7. The van der Waals surface area contributed by atoms with Crippen LogP contribution in [-0.4, -0.2) is 30.3 Å². The molecule has 1 unspecified atom stereocenters. The number of anilines is 1. The van der Waals surface area contributed by atoms with Crippen molar-refractivity contribution in [2.24, 2.45) is 0 Å². The Morgan fingerprint density at radius 2 is 2.16 bits per heavy atom. The van der Waals surface area contributed by atoms with E-state index in [1.54, 1.807) is 0 Å². The first-order chi connectivity index (χ1) is 9.28. The first kappa shape index (κ1) is 14.0. The van der Waals surface area contributed by atoms with Gasteiger partial charge in [0.05, 0.1) is 6.10 Å². The van der Waals surface area contributed by atoms with Crippen molar-refractivity contribution < 1.29 is 14.6 Å². The van der Waals surface area contributed by atoms with Gasteiger partial charge >= 0.3 is 0 Å². The van der Waals surface area contributed by atoms with E-state index >= 15 is 0 Å². The average Bonchev–Trinajstić information content (AvgIpc) is 2.92. The molecule has 104 valence electrons. The second kappa shape index (κ2) is 7.26. The lowest BCUT2D eigenvalue weighted by atomic mass is 10.1. The number of nitrogens with one attached hydrogen (secondary N) is 1. The molecule has 1 aromatic rings. The van der Waals surface area contributed by atoms with Crippen LogP contribution < -0.4 is 5.32 Å². The van der Waals surface area contributed by atoms with Gasteiger partial charge in [-0.25, -0.2) is 0 Å². The van der Waals surface area contributed by atoms with Crippen LogP contribution in [0.1, 0.15) is 31.2 Å². The standard InChI is InChI=1S/C15H21NO3/c17-10-9-12-3-5-13(6-4-12)16-15(18)8-7-14-2-1-11-19-14/h3-6,14,17H,1-2,7-11H2,(H,16,18). The van der Waals surface area contributed by atoms with Crippen molar-refractivity contribution in [2.45, 2.75) is 38.2 Å². The quantitative estimate of drug-likeness (QED) is 0.826. The van der Waals surface area contributed by atoms with Gasteiger partial charge < -0.3 is 15.2 Å². The Morgan fingerprint density at radius 3 is 2.79 bits per heavy atom. The molecule has 0 aromatic heterocycles. The minimum Gasteiger partial charge on any atom is -0.396 e. The van der Waals surface area contributed by atoms with Gasteiger partial charge in [-0.1, -0.05) is 12.1 Å². The number of carbonyl (C=O) groups excluding carboxylic acids is 1. The molecule has 19 heavy (non-hydrogen) atoms. The van der Waals surface area contributed by atoms with Gasteiger partial charge in [0.25, 0.3) is 0 Å². The van der Waals surface area contributed by atoms with Crippen molar-refractivity contribution >= 4 is 11.6 Å². The van der Waals surface area contributed by atoms with Crippen molar-refractivity contribution in [2.75, 3.05) is 18.5 Å². The van der Waals surface area contributed by atoms with Crippen molar-refractivity contribution in [3.8, 4) is 0 Å². The minimum absolute atomic E-state index is 0.0328. The molecule has 1 aromatic carbocycles. The van der Waals surface area contributed by atoms with Gasteiger partial charge in [0, 0.05) is 25.3 Å². The Morgan fingerprint density at radius 1 is 1.37 bits per heavy atom. The van der Waals surface area contributed by atoms with E-state index in [1.807, 2.05) is 24.3 Å². The minimum atomic E-state index is 0.0328. The highest BCUT2D eigenvalue weighted by molar-refractivity contribution is 5.90. The van der Waals surface area contributed by atoms with Crippen molar-refractivity contribution in [3.05, 3.63) is 29.8 Å². The van der Waals surface area contributed by atoms with Crippen LogP contribution in [0.15, 0.2) is 24.3 Å². The third kappa shape index (κ3) is 4.65. The summed E-state index contributed by atoms with van der Waals surface area (Å²) in [5.41, 5.74) is 1.87. The monoisotopic (exact) mass is 263 g/mol. The lowest BCUT2D eigenvalue weighted by molar-refractivity contribution is -0.116. The molecule has 1 atom stereocenters. The molecule has 0 radical (unpaired) electrons. The molecular formula is C15H21NO3.